The number of imide groups is 1. The highest BCUT2D eigenvalue weighted by molar-refractivity contribution is 5.93. The van der Waals surface area contributed by atoms with E-state index in [2.05, 4.69) is 4.74 Å². The number of rotatable bonds is 5. The standard InChI is InChI=1S/C8H14N2O5/c1-2-15-8(14)10(6(11)5-9)4-3-7(12)13/h2-5,9H2,1H3,(H,12,13). The summed E-state index contributed by atoms with van der Waals surface area (Å²) < 4.78 is 4.58. The number of carbonyl (C=O) groups is 3. The van der Waals surface area contributed by atoms with Crippen LogP contribution < -0.4 is 5.73 Å². The van der Waals surface area contributed by atoms with Crippen molar-refractivity contribution in [1.29, 1.82) is 0 Å². The molecule has 0 aromatic carbocycles. The zero-order valence-electron chi connectivity index (χ0n) is 8.43. The van der Waals surface area contributed by atoms with E-state index in [4.69, 9.17) is 10.8 Å². The predicted molar refractivity (Wildman–Crippen MR) is 50.0 cm³/mol. The van der Waals surface area contributed by atoms with Crippen LogP contribution in [0.3, 0.4) is 0 Å². The molecule has 0 unspecified atom stereocenters. The van der Waals surface area contributed by atoms with Gasteiger partial charge in [0.25, 0.3) is 0 Å². The predicted octanol–water partition coefficient (Wildman–Crippen LogP) is -0.595. The molecule has 0 fully saturated rings. The molecule has 0 heterocycles. The fraction of sp³-hybridized carbons (Fsp3) is 0.625. The molecule has 86 valence electrons. The normalized spacial score (nSPS) is 9.47. The summed E-state index contributed by atoms with van der Waals surface area (Å²) in [6.45, 7) is 1.10. The molecule has 7 nitrogen and oxygen atoms in total. The number of amides is 2. The van der Waals surface area contributed by atoms with Crippen LogP contribution in [0.4, 0.5) is 4.79 Å². The summed E-state index contributed by atoms with van der Waals surface area (Å²) in [6, 6.07) is 0. The first kappa shape index (κ1) is 13.4. The SMILES string of the molecule is CCOC(=O)N(CCC(=O)O)C(=O)CN. The zero-order valence-corrected chi connectivity index (χ0v) is 8.43. The van der Waals surface area contributed by atoms with Gasteiger partial charge in [-0.25, -0.2) is 9.69 Å². The summed E-state index contributed by atoms with van der Waals surface area (Å²) in [7, 11) is 0. The molecule has 0 saturated heterocycles. The third-order valence-corrected chi connectivity index (χ3v) is 1.51. The maximum absolute atomic E-state index is 11.2. The van der Waals surface area contributed by atoms with Crippen LogP contribution in [0.2, 0.25) is 0 Å². The van der Waals surface area contributed by atoms with Gasteiger partial charge >= 0.3 is 12.1 Å². The lowest BCUT2D eigenvalue weighted by molar-refractivity contribution is -0.137. The minimum atomic E-state index is -1.10. The number of hydrogen-bond acceptors (Lipinski definition) is 5. The van der Waals surface area contributed by atoms with Gasteiger partial charge in [-0.3, -0.25) is 9.59 Å². The molecular formula is C8H14N2O5. The molecular weight excluding hydrogens is 204 g/mol. The van der Waals surface area contributed by atoms with Gasteiger partial charge in [-0.15, -0.1) is 0 Å². The lowest BCUT2D eigenvalue weighted by Gasteiger charge is -2.18. The van der Waals surface area contributed by atoms with E-state index in [9.17, 15) is 14.4 Å². The highest BCUT2D eigenvalue weighted by atomic mass is 16.6. The van der Waals surface area contributed by atoms with Gasteiger partial charge in [0.2, 0.25) is 5.91 Å². The van der Waals surface area contributed by atoms with E-state index in [1.807, 2.05) is 0 Å². The minimum Gasteiger partial charge on any atom is -0.481 e. The monoisotopic (exact) mass is 218 g/mol. The van der Waals surface area contributed by atoms with Crippen molar-refractivity contribution in [2.45, 2.75) is 13.3 Å². The van der Waals surface area contributed by atoms with Crippen molar-refractivity contribution in [2.24, 2.45) is 5.73 Å². The second kappa shape index (κ2) is 6.77. The molecule has 0 aliphatic carbocycles. The van der Waals surface area contributed by atoms with Crippen LogP contribution in [0.5, 0.6) is 0 Å². The van der Waals surface area contributed by atoms with Gasteiger partial charge < -0.3 is 15.6 Å². The van der Waals surface area contributed by atoms with Crippen molar-refractivity contribution in [3.63, 3.8) is 0 Å². The topological polar surface area (TPSA) is 110 Å². The van der Waals surface area contributed by atoms with E-state index >= 15 is 0 Å². The van der Waals surface area contributed by atoms with Crippen LogP contribution >= 0.6 is 0 Å². The molecule has 0 aromatic rings. The lowest BCUT2D eigenvalue weighted by atomic mass is 10.4. The van der Waals surface area contributed by atoms with Gasteiger partial charge in [-0.2, -0.15) is 0 Å². The van der Waals surface area contributed by atoms with Gasteiger partial charge in [-0.1, -0.05) is 0 Å². The summed E-state index contributed by atoms with van der Waals surface area (Å²) in [4.78, 5) is 33.3. The Kier molecular flexibility index (Phi) is 6.03. The van der Waals surface area contributed by atoms with E-state index in [0.717, 1.165) is 0 Å². The maximum atomic E-state index is 11.2. The Hall–Kier alpha value is -1.63. The van der Waals surface area contributed by atoms with Crippen LogP contribution in [0.1, 0.15) is 13.3 Å². The van der Waals surface area contributed by atoms with E-state index in [0.29, 0.717) is 4.90 Å². The number of carboxylic acids is 1. The Morgan fingerprint density at radius 3 is 2.40 bits per heavy atom. The molecule has 0 aliphatic heterocycles. The van der Waals surface area contributed by atoms with Gasteiger partial charge in [0, 0.05) is 6.54 Å². The van der Waals surface area contributed by atoms with Crippen LogP contribution in [-0.2, 0) is 14.3 Å². The molecule has 2 amide bonds. The van der Waals surface area contributed by atoms with Crippen molar-refractivity contribution in [1.82, 2.24) is 4.90 Å². The van der Waals surface area contributed by atoms with Gasteiger partial charge in [0.05, 0.1) is 19.6 Å². The second-order valence-electron chi connectivity index (χ2n) is 2.59. The van der Waals surface area contributed by atoms with E-state index < -0.39 is 18.0 Å². The minimum absolute atomic E-state index is 0.111. The quantitative estimate of drug-likeness (QED) is 0.637. The molecule has 0 aromatic heterocycles. The smallest absolute Gasteiger partial charge is 0.416 e. The van der Waals surface area contributed by atoms with Crippen LogP contribution in [0, 0.1) is 0 Å². The molecule has 3 N–H and O–H groups in total. The first-order valence-corrected chi connectivity index (χ1v) is 4.41. The average molecular weight is 218 g/mol. The summed E-state index contributed by atoms with van der Waals surface area (Å²) in [5.74, 6) is -1.76. The number of nitrogens with zero attached hydrogens (tertiary/aromatic N) is 1. The molecule has 0 spiro atoms. The Balaban J connectivity index is 4.36. The number of aliphatic carboxylic acids is 1. The number of hydrogen-bond donors (Lipinski definition) is 2. The van der Waals surface area contributed by atoms with Crippen LogP contribution in [-0.4, -0.2) is 47.7 Å². The van der Waals surface area contributed by atoms with Gasteiger partial charge in [-0.05, 0) is 6.92 Å². The third kappa shape index (κ3) is 4.96. The molecule has 0 atom stereocenters. The molecule has 0 rings (SSSR count). The van der Waals surface area contributed by atoms with E-state index in [1.165, 1.54) is 0 Å². The second-order valence-corrected chi connectivity index (χ2v) is 2.59. The first-order chi connectivity index (χ1) is 7.02. The maximum Gasteiger partial charge on any atom is 0.416 e. The van der Waals surface area contributed by atoms with Crippen molar-refractivity contribution >= 4 is 18.0 Å². The number of ether oxygens (including phenoxy) is 1. The average Bonchev–Trinajstić information content (AvgIpc) is 2.17. The van der Waals surface area contributed by atoms with Crippen LogP contribution in [0.25, 0.3) is 0 Å². The Bertz CT molecular complexity index is 253. The Morgan fingerprint density at radius 2 is 2.00 bits per heavy atom. The molecule has 0 radical (unpaired) electrons. The number of carboxylic acid groups (broad SMARTS) is 1. The highest BCUT2D eigenvalue weighted by Gasteiger charge is 2.21. The summed E-state index contributed by atoms with van der Waals surface area (Å²) in [6.07, 6.45) is -1.20. The summed E-state index contributed by atoms with van der Waals surface area (Å²) in [5.41, 5.74) is 5.07. The van der Waals surface area contributed by atoms with Gasteiger partial charge in [0.1, 0.15) is 0 Å². The molecule has 0 bridgehead atoms. The fourth-order valence-corrected chi connectivity index (χ4v) is 0.837. The van der Waals surface area contributed by atoms with Crippen LogP contribution in [0.15, 0.2) is 0 Å². The fourth-order valence-electron chi connectivity index (χ4n) is 0.837. The summed E-state index contributed by atoms with van der Waals surface area (Å²) >= 11 is 0. The van der Waals surface area contributed by atoms with E-state index in [1.54, 1.807) is 6.92 Å². The summed E-state index contributed by atoms with van der Waals surface area (Å²) in [5, 5.41) is 8.41. The molecule has 7 heteroatoms. The van der Waals surface area contributed by atoms with E-state index in [-0.39, 0.29) is 26.1 Å². The lowest BCUT2D eigenvalue weighted by Crippen LogP contribution is -2.42. The third-order valence-electron chi connectivity index (χ3n) is 1.51. The van der Waals surface area contributed by atoms with Crippen molar-refractivity contribution in [3.8, 4) is 0 Å². The van der Waals surface area contributed by atoms with Gasteiger partial charge in [0.15, 0.2) is 0 Å². The largest absolute Gasteiger partial charge is 0.481 e. The Morgan fingerprint density at radius 1 is 1.40 bits per heavy atom. The highest BCUT2D eigenvalue weighted by Crippen LogP contribution is 1.97. The van der Waals surface area contributed by atoms with Crippen molar-refractivity contribution in [3.05, 3.63) is 0 Å². The Labute approximate surface area is 86.8 Å². The first-order valence-electron chi connectivity index (χ1n) is 4.41. The number of nitrogens with two attached hydrogens (primary N) is 1. The number of carbonyl (C=O) groups excluding carboxylic acids is 2. The zero-order chi connectivity index (χ0) is 11.8. The molecule has 15 heavy (non-hydrogen) atoms. The van der Waals surface area contributed by atoms with Crippen molar-refractivity contribution < 1.29 is 24.2 Å². The van der Waals surface area contributed by atoms with Crippen molar-refractivity contribution in [2.75, 3.05) is 19.7 Å². The molecule has 0 aliphatic rings. The molecule has 0 saturated carbocycles.